The number of nitrogens with one attached hydrogen (secondary N) is 1. The third-order valence-corrected chi connectivity index (χ3v) is 4.19. The van der Waals surface area contributed by atoms with Crippen LogP contribution in [0.1, 0.15) is 45.1 Å². The molecule has 2 unspecified atom stereocenters. The van der Waals surface area contributed by atoms with Gasteiger partial charge in [0.15, 0.2) is 0 Å². The molecule has 3 heteroatoms. The highest BCUT2D eigenvalue weighted by molar-refractivity contribution is 5.84. The molecule has 0 aromatic heterocycles. The average molecular weight is 274 g/mol. The molecule has 0 bridgehead atoms. The second-order valence-corrected chi connectivity index (χ2v) is 5.82. The van der Waals surface area contributed by atoms with E-state index in [-0.39, 0.29) is 11.9 Å². The van der Waals surface area contributed by atoms with Gasteiger partial charge in [-0.3, -0.25) is 4.79 Å². The number of amides is 1. The Morgan fingerprint density at radius 2 is 2.05 bits per heavy atom. The van der Waals surface area contributed by atoms with E-state index in [0.29, 0.717) is 6.04 Å². The van der Waals surface area contributed by atoms with E-state index < -0.39 is 0 Å². The van der Waals surface area contributed by atoms with Crippen LogP contribution in [0.15, 0.2) is 24.3 Å². The Morgan fingerprint density at radius 1 is 1.35 bits per heavy atom. The molecule has 1 aliphatic heterocycles. The van der Waals surface area contributed by atoms with E-state index in [1.807, 2.05) is 19.1 Å². The normalized spacial score (nSPS) is 20.6. The van der Waals surface area contributed by atoms with Crippen LogP contribution < -0.4 is 5.32 Å². The summed E-state index contributed by atoms with van der Waals surface area (Å²) in [4.78, 5) is 14.7. The van der Waals surface area contributed by atoms with Crippen molar-refractivity contribution in [1.82, 2.24) is 4.90 Å². The monoisotopic (exact) mass is 274 g/mol. The number of aryl methyl sites for hydroxylation is 1. The van der Waals surface area contributed by atoms with Crippen LogP contribution in [0, 0.1) is 6.92 Å². The number of carbonyl (C=O) groups is 1. The van der Waals surface area contributed by atoms with Crippen molar-refractivity contribution in [3.05, 3.63) is 29.8 Å². The molecule has 1 heterocycles. The summed E-state index contributed by atoms with van der Waals surface area (Å²) in [5.74, 6) is 0.233. The van der Waals surface area contributed by atoms with Crippen molar-refractivity contribution in [2.45, 2.75) is 58.5 Å². The zero-order valence-electron chi connectivity index (χ0n) is 12.9. The molecule has 1 aliphatic rings. The number of rotatable bonds is 4. The molecule has 3 nitrogen and oxygen atoms in total. The molecule has 1 aromatic rings. The van der Waals surface area contributed by atoms with Gasteiger partial charge in [-0.2, -0.15) is 0 Å². The largest absolute Gasteiger partial charge is 0.374 e. The number of likely N-dealkylation sites (tertiary alicyclic amines) is 1. The Morgan fingerprint density at radius 3 is 2.70 bits per heavy atom. The van der Waals surface area contributed by atoms with Gasteiger partial charge in [0.05, 0.1) is 0 Å². The molecule has 0 saturated carbocycles. The van der Waals surface area contributed by atoms with Crippen molar-refractivity contribution < 1.29 is 4.79 Å². The van der Waals surface area contributed by atoms with E-state index >= 15 is 0 Å². The molecule has 0 radical (unpaired) electrons. The van der Waals surface area contributed by atoms with Gasteiger partial charge >= 0.3 is 0 Å². The molecule has 2 rings (SSSR count). The topological polar surface area (TPSA) is 32.3 Å². The maximum Gasteiger partial charge on any atom is 0.245 e. The first-order valence-electron chi connectivity index (χ1n) is 7.75. The van der Waals surface area contributed by atoms with E-state index in [4.69, 9.17) is 0 Å². The fraction of sp³-hybridized carbons (Fsp3) is 0.588. The summed E-state index contributed by atoms with van der Waals surface area (Å²) in [6.45, 7) is 7.12. The molecule has 1 saturated heterocycles. The summed E-state index contributed by atoms with van der Waals surface area (Å²) in [6, 6.07) is 8.47. The zero-order valence-corrected chi connectivity index (χ0v) is 12.9. The SMILES string of the molecule is CCC1CCCCN1C(=O)C(C)Nc1ccc(C)cc1. The van der Waals surface area contributed by atoms with E-state index in [2.05, 4.69) is 36.2 Å². The van der Waals surface area contributed by atoms with Gasteiger partial charge in [0, 0.05) is 18.3 Å². The molecule has 20 heavy (non-hydrogen) atoms. The summed E-state index contributed by atoms with van der Waals surface area (Å²) in [7, 11) is 0. The lowest BCUT2D eigenvalue weighted by molar-refractivity contribution is -0.135. The highest BCUT2D eigenvalue weighted by atomic mass is 16.2. The number of nitrogens with zero attached hydrogens (tertiary/aromatic N) is 1. The van der Waals surface area contributed by atoms with Crippen LogP contribution in [0.5, 0.6) is 0 Å². The number of anilines is 1. The average Bonchev–Trinajstić information content (AvgIpc) is 2.48. The molecule has 1 amide bonds. The minimum Gasteiger partial charge on any atom is -0.374 e. The zero-order chi connectivity index (χ0) is 14.5. The fourth-order valence-electron chi connectivity index (χ4n) is 2.93. The van der Waals surface area contributed by atoms with Crippen LogP contribution in [0.2, 0.25) is 0 Å². The Balaban J connectivity index is 1.98. The van der Waals surface area contributed by atoms with Crippen molar-refractivity contribution in [2.75, 3.05) is 11.9 Å². The molecule has 110 valence electrons. The van der Waals surface area contributed by atoms with Gasteiger partial charge in [-0.05, 0) is 51.7 Å². The molecule has 1 N–H and O–H groups in total. The van der Waals surface area contributed by atoms with E-state index in [1.165, 1.54) is 12.0 Å². The van der Waals surface area contributed by atoms with Crippen LogP contribution in [0.4, 0.5) is 5.69 Å². The van der Waals surface area contributed by atoms with Crippen molar-refractivity contribution in [3.63, 3.8) is 0 Å². The fourth-order valence-corrected chi connectivity index (χ4v) is 2.93. The molecule has 1 fully saturated rings. The Hall–Kier alpha value is -1.51. The summed E-state index contributed by atoms with van der Waals surface area (Å²) in [6.07, 6.45) is 4.60. The van der Waals surface area contributed by atoms with Crippen molar-refractivity contribution in [1.29, 1.82) is 0 Å². The Kier molecular flexibility index (Phi) is 5.05. The second-order valence-electron chi connectivity index (χ2n) is 5.82. The molecular weight excluding hydrogens is 248 g/mol. The number of hydrogen-bond donors (Lipinski definition) is 1. The van der Waals surface area contributed by atoms with E-state index in [0.717, 1.165) is 31.5 Å². The highest BCUT2D eigenvalue weighted by Crippen LogP contribution is 2.21. The van der Waals surface area contributed by atoms with Crippen molar-refractivity contribution >= 4 is 11.6 Å². The van der Waals surface area contributed by atoms with Crippen LogP contribution in [-0.2, 0) is 4.79 Å². The second kappa shape index (κ2) is 6.78. The first kappa shape index (κ1) is 14.9. The summed E-state index contributed by atoms with van der Waals surface area (Å²) in [5.41, 5.74) is 2.25. The molecular formula is C17H26N2O. The van der Waals surface area contributed by atoms with E-state index in [9.17, 15) is 4.79 Å². The van der Waals surface area contributed by atoms with Crippen LogP contribution >= 0.6 is 0 Å². The summed E-state index contributed by atoms with van der Waals surface area (Å²) < 4.78 is 0. The molecule has 2 atom stereocenters. The number of benzene rings is 1. The third-order valence-electron chi connectivity index (χ3n) is 4.19. The lowest BCUT2D eigenvalue weighted by Crippen LogP contribution is -2.49. The molecule has 0 aliphatic carbocycles. The van der Waals surface area contributed by atoms with Gasteiger partial charge in [-0.15, -0.1) is 0 Å². The standard InChI is InChI=1S/C17H26N2O/c1-4-16-7-5-6-12-19(16)17(20)14(3)18-15-10-8-13(2)9-11-15/h8-11,14,16,18H,4-7,12H2,1-3H3. The molecule has 1 aromatic carbocycles. The maximum absolute atomic E-state index is 12.6. The van der Waals surface area contributed by atoms with Crippen molar-refractivity contribution in [3.8, 4) is 0 Å². The van der Waals surface area contributed by atoms with Gasteiger partial charge in [-0.1, -0.05) is 24.6 Å². The predicted octanol–water partition coefficient (Wildman–Crippen LogP) is 3.59. The predicted molar refractivity (Wildman–Crippen MR) is 83.9 cm³/mol. The lowest BCUT2D eigenvalue weighted by atomic mass is 9.99. The quantitative estimate of drug-likeness (QED) is 0.910. The maximum atomic E-state index is 12.6. The van der Waals surface area contributed by atoms with Crippen molar-refractivity contribution in [2.24, 2.45) is 0 Å². The van der Waals surface area contributed by atoms with Gasteiger partial charge in [0.1, 0.15) is 6.04 Å². The minimum atomic E-state index is -0.162. The Labute approximate surface area is 122 Å². The number of piperidine rings is 1. The first-order valence-corrected chi connectivity index (χ1v) is 7.75. The summed E-state index contributed by atoms with van der Waals surface area (Å²) >= 11 is 0. The number of carbonyl (C=O) groups excluding carboxylic acids is 1. The van der Waals surface area contributed by atoms with Gasteiger partial charge in [0.25, 0.3) is 0 Å². The van der Waals surface area contributed by atoms with Gasteiger partial charge in [0.2, 0.25) is 5.91 Å². The first-order chi connectivity index (χ1) is 9.61. The highest BCUT2D eigenvalue weighted by Gasteiger charge is 2.28. The minimum absolute atomic E-state index is 0.162. The Bertz CT molecular complexity index is 441. The summed E-state index contributed by atoms with van der Waals surface area (Å²) in [5, 5.41) is 3.32. The van der Waals surface area contributed by atoms with Crippen LogP contribution in [0.3, 0.4) is 0 Å². The number of hydrogen-bond acceptors (Lipinski definition) is 2. The van der Waals surface area contributed by atoms with Crippen LogP contribution in [-0.4, -0.2) is 29.4 Å². The van der Waals surface area contributed by atoms with Gasteiger partial charge in [-0.25, -0.2) is 0 Å². The smallest absolute Gasteiger partial charge is 0.245 e. The van der Waals surface area contributed by atoms with Crippen LogP contribution in [0.25, 0.3) is 0 Å². The lowest BCUT2D eigenvalue weighted by Gasteiger charge is -2.37. The third kappa shape index (κ3) is 3.53. The van der Waals surface area contributed by atoms with E-state index in [1.54, 1.807) is 0 Å². The van der Waals surface area contributed by atoms with Gasteiger partial charge < -0.3 is 10.2 Å². The molecule has 0 spiro atoms.